The molecule has 4 heterocycles. The van der Waals surface area contributed by atoms with Gasteiger partial charge in [-0.1, -0.05) is 0 Å². The number of aromatic nitrogens is 2. The minimum Gasteiger partial charge on any atom is -0.367 e. The fourth-order valence-electron chi connectivity index (χ4n) is 3.91. The van der Waals surface area contributed by atoms with Crippen LogP contribution in [0.4, 0.5) is 21.5 Å². The fourth-order valence-corrected chi connectivity index (χ4v) is 3.91. The predicted molar refractivity (Wildman–Crippen MR) is 119 cm³/mol. The first-order chi connectivity index (χ1) is 15.1. The van der Waals surface area contributed by atoms with E-state index in [0.717, 1.165) is 37.0 Å². The molecule has 5 rings (SSSR count). The van der Waals surface area contributed by atoms with Crippen molar-refractivity contribution >= 4 is 34.0 Å². The van der Waals surface area contributed by atoms with Gasteiger partial charge in [0.1, 0.15) is 17.6 Å². The molecular weight excluding hydrogens is 395 g/mol. The highest BCUT2D eigenvalue weighted by Crippen LogP contribution is 2.32. The molecule has 2 aliphatic rings. The highest BCUT2D eigenvalue weighted by molar-refractivity contribution is 6.02. The zero-order valence-corrected chi connectivity index (χ0v) is 17.0. The number of anilines is 3. The smallest absolute Gasteiger partial charge is 0.297 e. The van der Waals surface area contributed by atoms with Gasteiger partial charge in [0.25, 0.3) is 5.79 Å². The number of likely N-dealkylation sites (N-methyl/N-ethyl adjacent to an activating group) is 1. The Hall–Kier alpha value is -3.77. The van der Waals surface area contributed by atoms with Crippen molar-refractivity contribution in [1.29, 1.82) is 5.26 Å². The molecule has 1 fully saturated rings. The summed E-state index contributed by atoms with van der Waals surface area (Å²) in [5, 5.41) is 17.8. The maximum atomic E-state index is 14.9. The maximum absolute atomic E-state index is 14.9. The molecule has 1 atom stereocenters. The van der Waals surface area contributed by atoms with Crippen molar-refractivity contribution in [1.82, 2.24) is 14.9 Å². The van der Waals surface area contributed by atoms with Gasteiger partial charge in [-0.25, -0.2) is 9.38 Å². The number of hydrogen-bond donors (Lipinski definition) is 2. The summed E-state index contributed by atoms with van der Waals surface area (Å²) in [6.45, 7) is 3.34. The Morgan fingerprint density at radius 3 is 2.81 bits per heavy atom. The van der Waals surface area contributed by atoms with Crippen LogP contribution in [0, 0.1) is 17.1 Å². The molecule has 1 saturated heterocycles. The lowest BCUT2D eigenvalue weighted by Crippen LogP contribution is -2.45. The molecule has 2 N–H and O–H groups in total. The Bertz CT molecular complexity index is 1210. The number of nitrogens with zero attached hydrogens (tertiary/aromatic N) is 6. The van der Waals surface area contributed by atoms with E-state index >= 15 is 0 Å². The first kappa shape index (κ1) is 19.2. The lowest BCUT2D eigenvalue weighted by molar-refractivity contribution is 0.311. The molecule has 0 amide bonds. The normalized spacial score (nSPS) is 20.7. The summed E-state index contributed by atoms with van der Waals surface area (Å²) >= 11 is 0. The van der Waals surface area contributed by atoms with Crippen LogP contribution in [0.5, 0.6) is 0 Å². The van der Waals surface area contributed by atoms with Crippen LogP contribution >= 0.6 is 0 Å². The van der Waals surface area contributed by atoms with Crippen molar-refractivity contribution in [2.45, 2.75) is 5.79 Å². The first-order valence-electron chi connectivity index (χ1n) is 10.1. The second-order valence-electron chi connectivity index (χ2n) is 7.77. The van der Waals surface area contributed by atoms with Gasteiger partial charge < -0.3 is 20.4 Å². The van der Waals surface area contributed by atoms with Crippen molar-refractivity contribution in [3.63, 3.8) is 0 Å². The largest absolute Gasteiger partial charge is 0.367 e. The minimum absolute atomic E-state index is 0.334. The number of hydrogen-bond acceptors (Lipinski definition) is 8. The van der Waals surface area contributed by atoms with Crippen molar-refractivity contribution in [3.8, 4) is 6.07 Å². The van der Waals surface area contributed by atoms with Crippen molar-refractivity contribution in [3.05, 3.63) is 54.4 Å². The molecule has 1 unspecified atom stereocenters. The molecule has 8 nitrogen and oxygen atoms in total. The fraction of sp³-hybridized carbons (Fsp3) is 0.273. The average molecular weight is 416 g/mol. The van der Waals surface area contributed by atoms with Gasteiger partial charge in [-0.05, 0) is 31.3 Å². The van der Waals surface area contributed by atoms with Crippen LogP contribution in [0.3, 0.4) is 0 Å². The summed E-state index contributed by atoms with van der Waals surface area (Å²) in [5.41, 5.74) is 2.29. The number of rotatable bonds is 3. The molecule has 1 aromatic carbocycles. The number of aliphatic imine (C=N–C) groups is 1. The molecule has 0 aliphatic carbocycles. The summed E-state index contributed by atoms with van der Waals surface area (Å²) in [6.07, 6.45) is 6.69. The molecule has 0 bridgehead atoms. The molecule has 0 radical (unpaired) electrons. The summed E-state index contributed by atoms with van der Waals surface area (Å²) in [5.74, 6) is -1.82. The van der Waals surface area contributed by atoms with E-state index in [4.69, 9.17) is 0 Å². The Kier molecular flexibility index (Phi) is 4.64. The summed E-state index contributed by atoms with van der Waals surface area (Å²) in [6, 6.07) is 8.94. The van der Waals surface area contributed by atoms with E-state index in [2.05, 4.69) is 43.6 Å². The van der Waals surface area contributed by atoms with Gasteiger partial charge in [-0.2, -0.15) is 5.26 Å². The van der Waals surface area contributed by atoms with Crippen molar-refractivity contribution < 1.29 is 4.39 Å². The molecule has 9 heteroatoms. The van der Waals surface area contributed by atoms with Crippen LogP contribution in [-0.2, 0) is 0 Å². The molecule has 2 aliphatic heterocycles. The van der Waals surface area contributed by atoms with Crippen molar-refractivity contribution in [2.24, 2.45) is 4.99 Å². The van der Waals surface area contributed by atoms with E-state index in [-0.39, 0.29) is 5.82 Å². The zero-order valence-electron chi connectivity index (χ0n) is 17.0. The number of nitriles is 1. The van der Waals surface area contributed by atoms with Gasteiger partial charge in [0, 0.05) is 61.2 Å². The first-order valence-corrected chi connectivity index (χ1v) is 10.1. The summed E-state index contributed by atoms with van der Waals surface area (Å²) in [4.78, 5) is 17.2. The standard InChI is InChI=1S/C22H21FN8/c1-30-6-8-31(9-7-30)20-3-2-16(10-18(20)23)28-22(14-24)27-13-19-21(29-22)17-12-25-5-4-15(17)11-26-19/h2-5,10-13,28-29H,6-9H2,1H3. The van der Waals surface area contributed by atoms with Crippen LogP contribution in [0.25, 0.3) is 10.8 Å². The molecule has 31 heavy (non-hydrogen) atoms. The molecule has 3 aromatic rings. The quantitative estimate of drug-likeness (QED) is 0.678. The monoisotopic (exact) mass is 416 g/mol. The van der Waals surface area contributed by atoms with Crippen LogP contribution in [0.15, 0.2) is 47.8 Å². The van der Waals surface area contributed by atoms with Crippen LogP contribution < -0.4 is 15.5 Å². The molecule has 156 valence electrons. The average Bonchev–Trinajstić information content (AvgIpc) is 2.80. The number of pyridine rings is 2. The number of nitrogens with one attached hydrogen (secondary N) is 2. The third-order valence-electron chi connectivity index (χ3n) is 5.69. The highest BCUT2D eigenvalue weighted by atomic mass is 19.1. The van der Waals surface area contributed by atoms with Gasteiger partial charge in [0.2, 0.25) is 0 Å². The van der Waals surface area contributed by atoms with E-state index < -0.39 is 5.79 Å². The van der Waals surface area contributed by atoms with Crippen LogP contribution in [-0.4, -0.2) is 60.1 Å². The number of benzene rings is 1. The lowest BCUT2D eigenvalue weighted by atomic mass is 10.1. The predicted octanol–water partition coefficient (Wildman–Crippen LogP) is 2.65. The van der Waals surface area contributed by atoms with Gasteiger partial charge >= 0.3 is 0 Å². The number of fused-ring (bicyclic) bond motifs is 3. The Balaban J connectivity index is 1.42. The number of piperazine rings is 1. The molecule has 0 saturated carbocycles. The minimum atomic E-state index is -1.49. The summed E-state index contributed by atoms with van der Waals surface area (Å²) in [7, 11) is 2.06. The van der Waals surface area contributed by atoms with E-state index in [1.807, 2.05) is 11.0 Å². The van der Waals surface area contributed by atoms with Crippen LogP contribution in [0.2, 0.25) is 0 Å². The zero-order chi connectivity index (χ0) is 21.4. The Morgan fingerprint density at radius 2 is 2.03 bits per heavy atom. The van der Waals surface area contributed by atoms with E-state index in [0.29, 0.717) is 22.8 Å². The second kappa shape index (κ2) is 7.49. The Morgan fingerprint density at radius 1 is 1.19 bits per heavy atom. The van der Waals surface area contributed by atoms with E-state index in [1.54, 1.807) is 36.9 Å². The third-order valence-corrected chi connectivity index (χ3v) is 5.69. The van der Waals surface area contributed by atoms with Crippen LogP contribution in [0.1, 0.15) is 5.69 Å². The topological polar surface area (TPSA) is 92.5 Å². The Labute approximate surface area is 179 Å². The van der Waals surface area contributed by atoms with Gasteiger partial charge in [0.15, 0.2) is 0 Å². The SMILES string of the molecule is CN1CCN(c2ccc(NC3(C#N)N=Cc4ncc5ccncc5c4N3)cc2F)CC1. The highest BCUT2D eigenvalue weighted by Gasteiger charge is 2.34. The molecule has 2 aromatic heterocycles. The molecule has 0 spiro atoms. The van der Waals surface area contributed by atoms with Crippen molar-refractivity contribution in [2.75, 3.05) is 48.8 Å². The summed E-state index contributed by atoms with van der Waals surface area (Å²) < 4.78 is 14.9. The number of halogens is 1. The lowest BCUT2D eigenvalue weighted by Gasteiger charge is -2.34. The van der Waals surface area contributed by atoms with Gasteiger partial charge in [-0.3, -0.25) is 9.97 Å². The third kappa shape index (κ3) is 3.51. The van der Waals surface area contributed by atoms with E-state index in [1.165, 1.54) is 6.07 Å². The van der Waals surface area contributed by atoms with Gasteiger partial charge in [-0.15, -0.1) is 0 Å². The maximum Gasteiger partial charge on any atom is 0.297 e. The molecular formula is C22H21FN8. The van der Waals surface area contributed by atoms with E-state index in [9.17, 15) is 9.65 Å². The second-order valence-corrected chi connectivity index (χ2v) is 7.77. The van der Waals surface area contributed by atoms with Gasteiger partial charge in [0.05, 0.1) is 17.6 Å².